The predicted molar refractivity (Wildman–Crippen MR) is 37.1 cm³/mol. The van der Waals surface area contributed by atoms with E-state index in [1.165, 1.54) is 19.3 Å². The van der Waals surface area contributed by atoms with Crippen molar-refractivity contribution in [1.82, 2.24) is 5.32 Å². The highest BCUT2D eigenvalue weighted by atomic mass is 15.1. The molecule has 52 valence electrons. The molecule has 1 saturated heterocycles. The van der Waals surface area contributed by atoms with Crippen LogP contribution in [0.3, 0.4) is 0 Å². The van der Waals surface area contributed by atoms with E-state index in [-0.39, 0.29) is 0 Å². The summed E-state index contributed by atoms with van der Waals surface area (Å²) in [6.07, 6.45) is 4.05. The molecule has 0 bridgehead atoms. The first kappa shape index (κ1) is 5.69. The fourth-order valence-corrected chi connectivity index (χ4v) is 1.84. The predicted octanol–water partition coefficient (Wildman–Crippen LogP) is 0.0856. The molecule has 2 heteroatoms. The van der Waals surface area contributed by atoms with Gasteiger partial charge in [-0.25, -0.2) is 0 Å². The van der Waals surface area contributed by atoms with Gasteiger partial charge in [-0.3, -0.25) is 0 Å². The van der Waals surface area contributed by atoms with Crippen molar-refractivity contribution in [3.05, 3.63) is 0 Å². The fourth-order valence-electron chi connectivity index (χ4n) is 1.84. The lowest BCUT2D eigenvalue weighted by Crippen LogP contribution is -2.21. The van der Waals surface area contributed by atoms with Gasteiger partial charge in [0.2, 0.25) is 0 Å². The maximum Gasteiger partial charge on any atom is 0.0227 e. The third-order valence-corrected chi connectivity index (χ3v) is 2.61. The molecule has 1 aliphatic carbocycles. The molecule has 1 heterocycles. The van der Waals surface area contributed by atoms with E-state index in [9.17, 15) is 0 Å². The minimum absolute atomic E-state index is 0.821. The Morgan fingerprint density at radius 2 is 2.22 bits per heavy atom. The van der Waals surface area contributed by atoms with Crippen LogP contribution in [0.15, 0.2) is 0 Å². The zero-order chi connectivity index (χ0) is 6.27. The smallest absolute Gasteiger partial charge is 0.0227 e. The zero-order valence-corrected chi connectivity index (χ0v) is 5.64. The number of hydrogen-bond acceptors (Lipinski definition) is 2. The van der Waals surface area contributed by atoms with Crippen molar-refractivity contribution < 1.29 is 0 Å². The summed E-state index contributed by atoms with van der Waals surface area (Å²) in [5, 5.41) is 3.44. The van der Waals surface area contributed by atoms with E-state index in [4.69, 9.17) is 5.73 Å². The topological polar surface area (TPSA) is 48.0 Å². The molecule has 0 aromatic carbocycles. The summed E-state index contributed by atoms with van der Waals surface area (Å²) in [7, 11) is 0. The van der Waals surface area contributed by atoms with E-state index in [0.717, 1.165) is 24.5 Å². The first-order valence-corrected chi connectivity index (χ1v) is 3.86. The second-order valence-electron chi connectivity index (χ2n) is 3.29. The maximum absolute atomic E-state index is 5.56. The summed E-state index contributed by atoms with van der Waals surface area (Å²) in [5.74, 6) is 0.821. The van der Waals surface area contributed by atoms with Gasteiger partial charge in [0.1, 0.15) is 0 Å². The first-order chi connectivity index (χ1) is 4.40. The molecule has 1 saturated carbocycles. The lowest BCUT2D eigenvalue weighted by Gasteiger charge is -2.16. The van der Waals surface area contributed by atoms with Gasteiger partial charge in [-0.15, -0.1) is 0 Å². The van der Waals surface area contributed by atoms with Crippen LogP contribution in [0.1, 0.15) is 19.3 Å². The molecule has 9 heavy (non-hydrogen) atoms. The van der Waals surface area contributed by atoms with Crippen LogP contribution in [0.2, 0.25) is 0 Å². The summed E-state index contributed by atoms with van der Waals surface area (Å²) < 4.78 is 0. The highest BCUT2D eigenvalue weighted by molar-refractivity contribution is 5.02. The molecule has 2 fully saturated rings. The number of nitrogens with two attached hydrogens (primary N) is 1. The standard InChI is InChI=1S/C7H14N2/c8-4-5-1-2-6-7(3-5)9-6/h5-7,9H,1-4,8H2. The van der Waals surface area contributed by atoms with Gasteiger partial charge in [0, 0.05) is 12.1 Å². The molecule has 3 N–H and O–H groups in total. The minimum Gasteiger partial charge on any atom is -0.330 e. The summed E-state index contributed by atoms with van der Waals surface area (Å²) >= 11 is 0. The second-order valence-corrected chi connectivity index (χ2v) is 3.29. The van der Waals surface area contributed by atoms with Crippen LogP contribution < -0.4 is 11.1 Å². The van der Waals surface area contributed by atoms with Crippen molar-refractivity contribution in [2.24, 2.45) is 11.7 Å². The molecule has 2 nitrogen and oxygen atoms in total. The average molecular weight is 126 g/mol. The van der Waals surface area contributed by atoms with Crippen LogP contribution in [0.25, 0.3) is 0 Å². The SMILES string of the molecule is NCC1CCC2NC2C1. The normalized spacial score (nSPS) is 48.3. The van der Waals surface area contributed by atoms with Crippen LogP contribution in [0.5, 0.6) is 0 Å². The van der Waals surface area contributed by atoms with Gasteiger partial charge in [-0.1, -0.05) is 0 Å². The van der Waals surface area contributed by atoms with E-state index in [2.05, 4.69) is 5.32 Å². The quantitative estimate of drug-likeness (QED) is 0.489. The molecule has 0 spiro atoms. The maximum atomic E-state index is 5.56. The number of rotatable bonds is 1. The van der Waals surface area contributed by atoms with Crippen LogP contribution in [-0.4, -0.2) is 18.6 Å². The molecule has 0 aromatic heterocycles. The number of nitrogens with one attached hydrogen (secondary N) is 1. The summed E-state index contributed by atoms with van der Waals surface area (Å²) in [6, 6.07) is 1.74. The largest absolute Gasteiger partial charge is 0.330 e. The third-order valence-electron chi connectivity index (χ3n) is 2.61. The Labute approximate surface area is 55.8 Å². The van der Waals surface area contributed by atoms with Crippen molar-refractivity contribution in [3.8, 4) is 0 Å². The molecule has 0 aromatic rings. The van der Waals surface area contributed by atoms with Crippen molar-refractivity contribution in [2.45, 2.75) is 31.3 Å². The van der Waals surface area contributed by atoms with E-state index < -0.39 is 0 Å². The van der Waals surface area contributed by atoms with Gasteiger partial charge in [-0.05, 0) is 31.7 Å². The van der Waals surface area contributed by atoms with Crippen molar-refractivity contribution in [1.29, 1.82) is 0 Å². The van der Waals surface area contributed by atoms with E-state index in [1.54, 1.807) is 0 Å². The van der Waals surface area contributed by atoms with Gasteiger partial charge >= 0.3 is 0 Å². The summed E-state index contributed by atoms with van der Waals surface area (Å²) in [4.78, 5) is 0. The first-order valence-electron chi connectivity index (χ1n) is 3.86. The van der Waals surface area contributed by atoms with Gasteiger partial charge < -0.3 is 11.1 Å². The molecule has 2 aliphatic rings. The Balaban J connectivity index is 1.86. The van der Waals surface area contributed by atoms with Crippen LogP contribution in [-0.2, 0) is 0 Å². The molecule has 0 radical (unpaired) electrons. The number of hydrogen-bond donors (Lipinski definition) is 2. The van der Waals surface area contributed by atoms with Gasteiger partial charge in [-0.2, -0.15) is 0 Å². The Bertz CT molecular complexity index is 113. The van der Waals surface area contributed by atoms with Crippen LogP contribution in [0.4, 0.5) is 0 Å². The molecule has 2 rings (SSSR count). The van der Waals surface area contributed by atoms with Gasteiger partial charge in [0.15, 0.2) is 0 Å². The van der Waals surface area contributed by atoms with Gasteiger partial charge in [0.25, 0.3) is 0 Å². The number of fused-ring (bicyclic) bond motifs is 1. The Morgan fingerprint density at radius 1 is 1.33 bits per heavy atom. The van der Waals surface area contributed by atoms with Crippen molar-refractivity contribution in [3.63, 3.8) is 0 Å². The molecule has 3 unspecified atom stereocenters. The highest BCUT2D eigenvalue weighted by Gasteiger charge is 2.40. The van der Waals surface area contributed by atoms with Crippen LogP contribution >= 0.6 is 0 Å². The van der Waals surface area contributed by atoms with Crippen molar-refractivity contribution in [2.75, 3.05) is 6.54 Å². The third kappa shape index (κ3) is 0.970. The molecular formula is C7H14N2. The monoisotopic (exact) mass is 126 g/mol. The molecular weight excluding hydrogens is 112 g/mol. The van der Waals surface area contributed by atoms with E-state index in [0.29, 0.717) is 0 Å². The zero-order valence-electron chi connectivity index (χ0n) is 5.64. The highest BCUT2D eigenvalue weighted by Crippen LogP contribution is 2.32. The van der Waals surface area contributed by atoms with Gasteiger partial charge in [0.05, 0.1) is 0 Å². The lowest BCUT2D eigenvalue weighted by atomic mass is 9.90. The Kier molecular flexibility index (Phi) is 1.24. The summed E-state index contributed by atoms with van der Waals surface area (Å²) in [5.41, 5.74) is 5.56. The molecule has 0 amide bonds. The average Bonchev–Trinajstić information content (AvgIpc) is 2.64. The Morgan fingerprint density at radius 3 is 2.89 bits per heavy atom. The molecule has 3 atom stereocenters. The van der Waals surface area contributed by atoms with E-state index in [1.807, 2.05) is 0 Å². The van der Waals surface area contributed by atoms with Crippen molar-refractivity contribution >= 4 is 0 Å². The second kappa shape index (κ2) is 1.96. The minimum atomic E-state index is 0.821. The van der Waals surface area contributed by atoms with E-state index >= 15 is 0 Å². The lowest BCUT2D eigenvalue weighted by molar-refractivity contribution is 0.405. The Hall–Kier alpha value is -0.0800. The molecule has 1 aliphatic heterocycles. The summed E-state index contributed by atoms with van der Waals surface area (Å²) in [6.45, 7) is 0.894. The fraction of sp³-hybridized carbons (Fsp3) is 1.00. The van der Waals surface area contributed by atoms with Crippen LogP contribution in [0, 0.1) is 5.92 Å².